The maximum absolute atomic E-state index is 13.8. The van der Waals surface area contributed by atoms with Gasteiger partial charge in [-0.2, -0.15) is 0 Å². The number of ether oxygens (including phenoxy) is 5. The van der Waals surface area contributed by atoms with E-state index in [0.717, 1.165) is 12.1 Å². The van der Waals surface area contributed by atoms with Crippen LogP contribution in [0, 0.1) is 11.3 Å². The summed E-state index contributed by atoms with van der Waals surface area (Å²) in [5.41, 5.74) is -4.52. The van der Waals surface area contributed by atoms with Crippen molar-refractivity contribution in [2.45, 2.75) is 67.8 Å². The number of aliphatic hydroxyl groups is 4. The van der Waals surface area contributed by atoms with Crippen LogP contribution in [0.25, 0.3) is 0 Å². The summed E-state index contributed by atoms with van der Waals surface area (Å²) in [5, 5.41) is 70.8. The Morgan fingerprint density at radius 3 is 2.33 bits per heavy atom. The molecule has 3 aliphatic carbocycles. The summed E-state index contributed by atoms with van der Waals surface area (Å²) in [6, 6.07) is 10.3. The zero-order valence-electron chi connectivity index (χ0n) is 22.9. The lowest BCUT2D eigenvalue weighted by Crippen LogP contribution is -2.81. The molecule has 10 atom stereocenters. The van der Waals surface area contributed by atoms with Crippen LogP contribution < -0.4 is 4.74 Å². The molecule has 3 saturated carbocycles. The Bertz CT molecular complexity index is 1390. The average Bonchev–Trinajstić information content (AvgIpc) is 3.04. The fraction of sp³-hybridized carbons (Fsp3) is 0.517. The summed E-state index contributed by atoms with van der Waals surface area (Å²) in [4.78, 5) is 26.8. The normalized spacial score (nSPS) is 39.5. The standard InChI is InChI=1S/C29H32O14/c1-27-10-18(40-14-7-16(31)20(33)17(32)8-14)15-9-29(27,42-25-23(36)22(35)21(34)19(11-30)41-25)28(15,26(38)43-27)12-39-24(37)13-5-3-2-4-6-13/h2-8,15,18-19,21-23,25,30-36H,9-12H2,1H3/t15-,18-,19-,21-,22+,23-,25+,27+,28+,29+/m1/s1. The van der Waals surface area contributed by atoms with Gasteiger partial charge in [0.25, 0.3) is 0 Å². The molecule has 0 spiro atoms. The van der Waals surface area contributed by atoms with Gasteiger partial charge in [0, 0.05) is 24.5 Å². The Morgan fingerprint density at radius 1 is 1.00 bits per heavy atom. The van der Waals surface area contributed by atoms with E-state index < -0.39 is 102 Å². The Morgan fingerprint density at radius 2 is 1.67 bits per heavy atom. The van der Waals surface area contributed by atoms with Gasteiger partial charge in [0.05, 0.1) is 12.2 Å². The van der Waals surface area contributed by atoms with Gasteiger partial charge in [0.2, 0.25) is 5.75 Å². The van der Waals surface area contributed by atoms with Crippen LogP contribution in [-0.4, -0.2) is 109 Å². The number of hydrogen-bond donors (Lipinski definition) is 7. The number of carbonyl (C=O) groups excluding carboxylic acids is 2. The third-order valence-corrected chi connectivity index (χ3v) is 9.37. The fourth-order valence-corrected chi connectivity index (χ4v) is 7.10. The molecule has 0 aromatic heterocycles. The molecular weight excluding hydrogens is 572 g/mol. The summed E-state index contributed by atoms with van der Waals surface area (Å²) in [6.45, 7) is 0.353. The first-order valence-corrected chi connectivity index (χ1v) is 13.7. The molecule has 2 aromatic carbocycles. The third-order valence-electron chi connectivity index (χ3n) is 9.37. The highest BCUT2D eigenvalue weighted by atomic mass is 16.7. The largest absolute Gasteiger partial charge is 0.504 e. The number of phenols is 3. The smallest absolute Gasteiger partial charge is 0.338 e. The van der Waals surface area contributed by atoms with E-state index in [9.17, 15) is 45.3 Å². The molecule has 232 valence electrons. The van der Waals surface area contributed by atoms with Crippen LogP contribution in [0.4, 0.5) is 0 Å². The third kappa shape index (κ3) is 4.16. The van der Waals surface area contributed by atoms with Gasteiger partial charge < -0.3 is 59.4 Å². The lowest BCUT2D eigenvalue weighted by molar-refractivity contribution is -0.392. The van der Waals surface area contributed by atoms with Gasteiger partial charge in [-0.1, -0.05) is 18.2 Å². The van der Waals surface area contributed by atoms with E-state index >= 15 is 0 Å². The van der Waals surface area contributed by atoms with Crippen LogP contribution in [0.2, 0.25) is 0 Å². The molecule has 2 saturated heterocycles. The van der Waals surface area contributed by atoms with Crippen molar-refractivity contribution < 1.29 is 69.0 Å². The monoisotopic (exact) mass is 604 g/mol. The number of esters is 2. The predicted octanol–water partition coefficient (Wildman–Crippen LogP) is -0.311. The first kappa shape index (κ1) is 29.4. The van der Waals surface area contributed by atoms with Gasteiger partial charge in [0.15, 0.2) is 17.8 Å². The quantitative estimate of drug-likeness (QED) is 0.152. The van der Waals surface area contributed by atoms with Crippen molar-refractivity contribution in [1.82, 2.24) is 0 Å². The summed E-state index contributed by atoms with van der Waals surface area (Å²) >= 11 is 0. The van der Waals surface area contributed by atoms with Crippen LogP contribution in [0.15, 0.2) is 42.5 Å². The summed E-state index contributed by atoms with van der Waals surface area (Å²) < 4.78 is 29.6. The van der Waals surface area contributed by atoms with Crippen molar-refractivity contribution in [3.8, 4) is 23.0 Å². The van der Waals surface area contributed by atoms with E-state index in [1.54, 1.807) is 25.1 Å². The van der Waals surface area contributed by atoms with Gasteiger partial charge in [-0.3, -0.25) is 4.79 Å². The van der Waals surface area contributed by atoms with E-state index in [4.69, 9.17) is 23.7 Å². The van der Waals surface area contributed by atoms with Gasteiger partial charge in [-0.25, -0.2) is 4.79 Å². The highest BCUT2D eigenvalue weighted by Crippen LogP contribution is 2.74. The van der Waals surface area contributed by atoms with Crippen LogP contribution in [0.5, 0.6) is 23.0 Å². The van der Waals surface area contributed by atoms with E-state index in [1.165, 1.54) is 12.1 Å². The highest BCUT2D eigenvalue weighted by Gasteiger charge is 2.89. The Balaban J connectivity index is 1.36. The first-order chi connectivity index (χ1) is 20.4. The molecule has 5 fully saturated rings. The van der Waals surface area contributed by atoms with Crippen LogP contribution in [0.3, 0.4) is 0 Å². The summed E-state index contributed by atoms with van der Waals surface area (Å²) in [7, 11) is 0. The van der Waals surface area contributed by atoms with E-state index in [2.05, 4.69) is 0 Å². The van der Waals surface area contributed by atoms with E-state index in [1.807, 2.05) is 0 Å². The average molecular weight is 605 g/mol. The number of fused-ring (bicyclic) bond motifs is 1. The SMILES string of the molecule is C[C@]12C[C@@H](Oc3cc(O)c(O)c(O)c3)[C@H]3C[C@@]1(O[C@@H]1O[C@H](CO)[C@@H](O)[C@H](O)[C@H]1O)[C@]3(COC(=O)c1ccccc1)C(=O)O2. The van der Waals surface area contributed by atoms with Crippen LogP contribution in [-0.2, 0) is 23.7 Å². The van der Waals surface area contributed by atoms with Gasteiger partial charge >= 0.3 is 11.9 Å². The maximum Gasteiger partial charge on any atom is 0.338 e. The van der Waals surface area contributed by atoms with Crippen LogP contribution in [0.1, 0.15) is 30.1 Å². The number of benzene rings is 2. The second-order valence-electron chi connectivity index (χ2n) is 11.7. The number of hydrogen-bond acceptors (Lipinski definition) is 14. The molecule has 14 nitrogen and oxygen atoms in total. The second-order valence-corrected chi connectivity index (χ2v) is 11.7. The van der Waals surface area contributed by atoms with Crippen molar-refractivity contribution in [2.24, 2.45) is 11.3 Å². The molecular formula is C29H32O14. The zero-order valence-corrected chi connectivity index (χ0v) is 22.9. The molecule has 14 heteroatoms. The maximum atomic E-state index is 13.8. The molecule has 7 N–H and O–H groups in total. The molecule has 0 amide bonds. The molecule has 5 aliphatic rings. The summed E-state index contributed by atoms with van der Waals surface area (Å²) in [6.07, 6.45) is -8.78. The number of phenolic OH excluding ortho intramolecular Hbond substituents is 3. The minimum Gasteiger partial charge on any atom is -0.504 e. The minimum absolute atomic E-state index is 0.0115. The molecule has 7 rings (SSSR count). The first-order valence-electron chi connectivity index (χ1n) is 13.7. The van der Waals surface area contributed by atoms with E-state index in [-0.39, 0.29) is 24.2 Å². The molecule has 43 heavy (non-hydrogen) atoms. The van der Waals surface area contributed by atoms with Crippen molar-refractivity contribution in [3.05, 3.63) is 48.0 Å². The minimum atomic E-state index is -1.77. The van der Waals surface area contributed by atoms with Crippen molar-refractivity contribution in [1.29, 1.82) is 0 Å². The lowest BCUT2D eigenvalue weighted by Gasteiger charge is -2.66. The Labute approximate surface area is 244 Å². The number of aromatic hydroxyl groups is 3. The van der Waals surface area contributed by atoms with Gasteiger partial charge in [0.1, 0.15) is 59.5 Å². The number of carbonyl (C=O) groups is 2. The predicted molar refractivity (Wildman–Crippen MR) is 140 cm³/mol. The highest BCUT2D eigenvalue weighted by molar-refractivity contribution is 5.90. The molecule has 0 unspecified atom stereocenters. The lowest BCUT2D eigenvalue weighted by atomic mass is 9.40. The molecule has 2 aliphatic heterocycles. The van der Waals surface area contributed by atoms with Crippen molar-refractivity contribution in [3.63, 3.8) is 0 Å². The van der Waals surface area contributed by atoms with E-state index in [0.29, 0.717) is 0 Å². The topological polar surface area (TPSA) is 222 Å². The zero-order chi connectivity index (χ0) is 30.9. The number of rotatable bonds is 8. The van der Waals surface area contributed by atoms with Crippen LogP contribution >= 0.6 is 0 Å². The second kappa shape index (κ2) is 10.2. The Hall–Kier alpha value is -3.66. The molecule has 0 radical (unpaired) electrons. The fourth-order valence-electron chi connectivity index (χ4n) is 7.10. The van der Waals surface area contributed by atoms with Crippen molar-refractivity contribution >= 4 is 11.9 Å². The van der Waals surface area contributed by atoms with Gasteiger partial charge in [-0.05, 0) is 25.5 Å². The van der Waals surface area contributed by atoms with Gasteiger partial charge in [-0.15, -0.1) is 0 Å². The summed E-state index contributed by atoms with van der Waals surface area (Å²) in [5.74, 6) is -4.22. The molecule has 2 aromatic rings. The Kier molecular flexibility index (Phi) is 6.99. The number of aliphatic hydroxyl groups excluding tert-OH is 4. The molecule has 4 bridgehead atoms. The van der Waals surface area contributed by atoms with Crippen molar-refractivity contribution in [2.75, 3.05) is 13.2 Å². The molecule has 2 heterocycles.